The lowest BCUT2D eigenvalue weighted by Gasteiger charge is -2.18. The van der Waals surface area contributed by atoms with Gasteiger partial charge in [0.1, 0.15) is 5.75 Å². The van der Waals surface area contributed by atoms with Gasteiger partial charge < -0.3 is 14.4 Å². The van der Waals surface area contributed by atoms with Crippen molar-refractivity contribution >= 4 is 22.6 Å². The molecule has 8 nitrogen and oxygen atoms in total. The average molecular weight is 395 g/mol. The summed E-state index contributed by atoms with van der Waals surface area (Å²) < 4.78 is 11.5. The Kier molecular flexibility index (Phi) is 5.92. The number of hydrogen-bond acceptors (Lipinski definition) is 6. The van der Waals surface area contributed by atoms with Gasteiger partial charge >= 0.3 is 5.97 Å². The first kappa shape index (κ1) is 20.1. The molecule has 0 bridgehead atoms. The summed E-state index contributed by atoms with van der Waals surface area (Å²) >= 11 is 0. The van der Waals surface area contributed by atoms with E-state index in [2.05, 4.69) is 5.10 Å². The normalized spacial score (nSPS) is 10.6. The van der Waals surface area contributed by atoms with Crippen LogP contribution in [0.2, 0.25) is 0 Å². The molecule has 1 aromatic heterocycles. The van der Waals surface area contributed by atoms with Crippen LogP contribution in [-0.2, 0) is 23.1 Å². The second kappa shape index (κ2) is 8.55. The van der Waals surface area contributed by atoms with E-state index in [1.165, 1.54) is 11.9 Å². The summed E-state index contributed by atoms with van der Waals surface area (Å²) in [6.07, 6.45) is 0. The summed E-state index contributed by atoms with van der Waals surface area (Å²) in [5, 5.41) is 4.74. The number of aromatic nitrogens is 2. The zero-order valence-electron chi connectivity index (χ0n) is 16.4. The summed E-state index contributed by atoms with van der Waals surface area (Å²) in [6, 6.07) is 14.0. The predicted octanol–water partition coefficient (Wildman–Crippen LogP) is 1.76. The van der Waals surface area contributed by atoms with Crippen LogP contribution in [0.4, 0.5) is 0 Å². The monoisotopic (exact) mass is 395 g/mol. The molecule has 0 unspecified atom stereocenters. The maximum Gasteiger partial charge on any atom is 0.359 e. The van der Waals surface area contributed by atoms with Crippen LogP contribution in [0.15, 0.2) is 53.3 Å². The quantitative estimate of drug-likeness (QED) is 0.591. The average Bonchev–Trinajstić information content (AvgIpc) is 2.74. The third-order valence-corrected chi connectivity index (χ3v) is 4.50. The number of likely N-dealkylation sites (N-methyl/N-ethyl adjacent to an activating group) is 1. The molecule has 0 N–H and O–H groups in total. The van der Waals surface area contributed by atoms with Crippen LogP contribution >= 0.6 is 0 Å². The fraction of sp³-hybridized carbons (Fsp3) is 0.238. The Morgan fingerprint density at radius 2 is 1.72 bits per heavy atom. The van der Waals surface area contributed by atoms with Crippen molar-refractivity contribution in [1.82, 2.24) is 14.7 Å². The lowest BCUT2D eigenvalue weighted by molar-refractivity contribution is -0.133. The third kappa shape index (κ3) is 4.26. The first-order valence-electron chi connectivity index (χ1n) is 8.91. The molecular weight excluding hydrogens is 374 g/mol. The molecule has 3 rings (SSSR count). The molecule has 0 radical (unpaired) electrons. The molecule has 0 aliphatic rings. The minimum Gasteiger partial charge on any atom is -0.496 e. The number of carbonyl (C=O) groups is 2. The largest absolute Gasteiger partial charge is 0.496 e. The lowest BCUT2D eigenvalue weighted by atomic mass is 10.1. The number of carbonyl (C=O) groups excluding carboxylic acids is 2. The Morgan fingerprint density at radius 1 is 1.07 bits per heavy atom. The number of rotatable bonds is 6. The lowest BCUT2D eigenvalue weighted by Crippen LogP contribution is -2.31. The summed E-state index contributed by atoms with van der Waals surface area (Å²) in [5.41, 5.74) is 0.510. The number of fused-ring (bicyclic) bond motifs is 1. The molecule has 150 valence electrons. The van der Waals surface area contributed by atoms with Crippen LogP contribution in [0.5, 0.6) is 5.75 Å². The summed E-state index contributed by atoms with van der Waals surface area (Å²) in [6.45, 7) is -0.134. The number of nitrogens with zero attached hydrogens (tertiary/aromatic N) is 3. The van der Waals surface area contributed by atoms with E-state index >= 15 is 0 Å². The van der Waals surface area contributed by atoms with Gasteiger partial charge in [0.2, 0.25) is 0 Å². The van der Waals surface area contributed by atoms with Crippen molar-refractivity contribution < 1.29 is 19.1 Å². The van der Waals surface area contributed by atoms with Crippen molar-refractivity contribution in [3.8, 4) is 5.75 Å². The second-order valence-corrected chi connectivity index (χ2v) is 6.46. The highest BCUT2D eigenvalue weighted by atomic mass is 16.5. The van der Waals surface area contributed by atoms with Gasteiger partial charge in [0.25, 0.3) is 11.5 Å². The highest BCUT2D eigenvalue weighted by Crippen LogP contribution is 2.19. The van der Waals surface area contributed by atoms with Crippen LogP contribution in [-0.4, -0.2) is 47.3 Å². The highest BCUT2D eigenvalue weighted by molar-refractivity contribution is 6.02. The van der Waals surface area contributed by atoms with Crippen LogP contribution in [0.25, 0.3) is 10.8 Å². The number of benzene rings is 2. The van der Waals surface area contributed by atoms with E-state index in [1.807, 2.05) is 24.3 Å². The fourth-order valence-corrected chi connectivity index (χ4v) is 2.93. The number of aryl methyl sites for hydroxylation is 1. The molecule has 0 fully saturated rings. The number of amides is 1. The SMILES string of the molecule is COc1ccccc1CN(C)C(=O)COC(=O)c1nn(C)c(=O)c2ccccc12. The van der Waals surface area contributed by atoms with E-state index in [-0.39, 0.29) is 17.2 Å². The molecule has 1 amide bonds. The second-order valence-electron chi connectivity index (χ2n) is 6.46. The van der Waals surface area contributed by atoms with E-state index < -0.39 is 12.6 Å². The van der Waals surface area contributed by atoms with Crippen molar-refractivity contribution in [3.63, 3.8) is 0 Å². The maximum atomic E-state index is 12.5. The van der Waals surface area contributed by atoms with Gasteiger partial charge in [-0.15, -0.1) is 0 Å². The van der Waals surface area contributed by atoms with Gasteiger partial charge in [0.15, 0.2) is 12.3 Å². The van der Waals surface area contributed by atoms with Crippen molar-refractivity contribution in [2.45, 2.75) is 6.54 Å². The van der Waals surface area contributed by atoms with Gasteiger partial charge in [-0.2, -0.15) is 5.10 Å². The van der Waals surface area contributed by atoms with Gasteiger partial charge in [0, 0.05) is 31.6 Å². The predicted molar refractivity (Wildman–Crippen MR) is 107 cm³/mol. The Balaban J connectivity index is 1.71. The third-order valence-electron chi connectivity index (χ3n) is 4.50. The van der Waals surface area contributed by atoms with Crippen molar-refractivity contribution in [3.05, 3.63) is 70.1 Å². The van der Waals surface area contributed by atoms with Crippen molar-refractivity contribution in [1.29, 1.82) is 0 Å². The number of methoxy groups -OCH3 is 1. The van der Waals surface area contributed by atoms with Gasteiger partial charge in [-0.3, -0.25) is 9.59 Å². The molecule has 0 aliphatic heterocycles. The van der Waals surface area contributed by atoms with Gasteiger partial charge in [0.05, 0.1) is 12.5 Å². The molecule has 0 saturated carbocycles. The van der Waals surface area contributed by atoms with Gasteiger partial charge in [-0.1, -0.05) is 36.4 Å². The Morgan fingerprint density at radius 3 is 2.45 bits per heavy atom. The van der Waals surface area contributed by atoms with E-state index in [9.17, 15) is 14.4 Å². The highest BCUT2D eigenvalue weighted by Gasteiger charge is 2.19. The zero-order valence-corrected chi connectivity index (χ0v) is 16.4. The van der Waals surface area contributed by atoms with Crippen LogP contribution in [0.3, 0.4) is 0 Å². The molecule has 0 spiro atoms. The first-order valence-corrected chi connectivity index (χ1v) is 8.91. The molecule has 29 heavy (non-hydrogen) atoms. The smallest absolute Gasteiger partial charge is 0.359 e. The van der Waals surface area contributed by atoms with Crippen molar-refractivity contribution in [2.24, 2.45) is 7.05 Å². The Bertz CT molecular complexity index is 1120. The van der Waals surface area contributed by atoms with Gasteiger partial charge in [-0.25, -0.2) is 9.48 Å². The molecule has 0 atom stereocenters. The number of hydrogen-bond donors (Lipinski definition) is 0. The molecule has 2 aromatic carbocycles. The Labute approximate surface area is 167 Å². The molecule has 0 aliphatic carbocycles. The van der Waals surface area contributed by atoms with Crippen molar-refractivity contribution in [2.75, 3.05) is 20.8 Å². The number of esters is 1. The summed E-state index contributed by atoms with van der Waals surface area (Å²) in [5.74, 6) is -0.473. The summed E-state index contributed by atoms with van der Waals surface area (Å²) in [7, 11) is 4.63. The van der Waals surface area contributed by atoms with E-state index in [0.29, 0.717) is 23.1 Å². The van der Waals surface area contributed by atoms with E-state index in [4.69, 9.17) is 9.47 Å². The molecular formula is C21H21N3O5. The topological polar surface area (TPSA) is 90.7 Å². The molecule has 3 aromatic rings. The summed E-state index contributed by atoms with van der Waals surface area (Å²) in [4.78, 5) is 38.5. The fourth-order valence-electron chi connectivity index (χ4n) is 2.93. The number of para-hydroxylation sites is 1. The van der Waals surface area contributed by atoms with E-state index in [0.717, 1.165) is 10.2 Å². The van der Waals surface area contributed by atoms with Gasteiger partial charge in [-0.05, 0) is 12.1 Å². The first-order chi connectivity index (χ1) is 13.9. The molecule has 0 saturated heterocycles. The molecule has 8 heteroatoms. The van der Waals surface area contributed by atoms with Crippen LogP contribution < -0.4 is 10.3 Å². The van der Waals surface area contributed by atoms with E-state index in [1.54, 1.807) is 38.4 Å². The number of ether oxygens (including phenoxy) is 2. The Hall–Kier alpha value is -3.68. The standard InChI is InChI=1S/C21H21N3O5/c1-23(12-14-8-4-7-11-17(14)28-3)18(25)13-29-21(27)19-15-9-5-6-10-16(15)20(26)24(2)22-19/h4-11H,12-13H2,1-3H3. The van der Waals surface area contributed by atoms with Crippen LogP contribution in [0.1, 0.15) is 16.1 Å². The van der Waals surface area contributed by atoms with Crippen LogP contribution in [0, 0.1) is 0 Å². The maximum absolute atomic E-state index is 12.5. The minimum absolute atomic E-state index is 0.0112. The molecule has 1 heterocycles. The zero-order chi connectivity index (χ0) is 21.0. The minimum atomic E-state index is -0.768.